The van der Waals surface area contributed by atoms with Crippen molar-refractivity contribution >= 4 is 17.3 Å². The van der Waals surface area contributed by atoms with Gasteiger partial charge < -0.3 is 10.4 Å². The number of hydrogen-bond donors (Lipinski definition) is 2. The zero-order valence-electron chi connectivity index (χ0n) is 9.74. The van der Waals surface area contributed by atoms with Gasteiger partial charge in [0.15, 0.2) is 0 Å². The second kappa shape index (κ2) is 5.18. The molecule has 6 heteroatoms. The molecule has 0 aliphatic rings. The lowest BCUT2D eigenvalue weighted by molar-refractivity contribution is -0.383. The van der Waals surface area contributed by atoms with E-state index in [1.807, 2.05) is 0 Å². The highest BCUT2D eigenvalue weighted by atomic mass is 16.6. The number of amides is 1. The summed E-state index contributed by atoms with van der Waals surface area (Å²) < 4.78 is 0. The fourth-order valence-corrected chi connectivity index (χ4v) is 1.58. The Morgan fingerprint density at radius 3 is 2.58 bits per heavy atom. The summed E-state index contributed by atoms with van der Waals surface area (Å²) in [6, 6.07) is 11.6. The van der Waals surface area contributed by atoms with E-state index in [9.17, 15) is 20.0 Å². The molecule has 2 rings (SSSR count). The number of phenols is 1. The Morgan fingerprint density at radius 2 is 1.89 bits per heavy atom. The molecule has 2 N–H and O–H groups in total. The number of hydrogen-bond acceptors (Lipinski definition) is 4. The number of para-hydroxylation sites is 2. The van der Waals surface area contributed by atoms with Gasteiger partial charge in [-0.05, 0) is 24.3 Å². The molecule has 6 nitrogen and oxygen atoms in total. The third-order valence-corrected chi connectivity index (χ3v) is 2.46. The van der Waals surface area contributed by atoms with Crippen LogP contribution in [0.2, 0.25) is 0 Å². The van der Waals surface area contributed by atoms with Gasteiger partial charge in [-0.1, -0.05) is 18.2 Å². The Labute approximate surface area is 108 Å². The maximum absolute atomic E-state index is 11.9. The average molecular weight is 258 g/mol. The Kier molecular flexibility index (Phi) is 3.42. The lowest BCUT2D eigenvalue weighted by Gasteiger charge is -2.06. The standard InChI is InChI=1S/C13H10N2O4/c16-10-5-3-4-9(8-10)13(17)14-11-6-1-2-7-12(11)15(18)19/h1-8,16H,(H,14,17). The summed E-state index contributed by atoms with van der Waals surface area (Å²) in [5, 5.41) is 22.5. The molecule has 0 aliphatic carbocycles. The highest BCUT2D eigenvalue weighted by Crippen LogP contribution is 2.24. The minimum absolute atomic E-state index is 0.0461. The smallest absolute Gasteiger partial charge is 0.292 e. The van der Waals surface area contributed by atoms with Gasteiger partial charge in [-0.2, -0.15) is 0 Å². The van der Waals surface area contributed by atoms with E-state index in [2.05, 4.69) is 5.32 Å². The number of aromatic hydroxyl groups is 1. The molecule has 96 valence electrons. The highest BCUT2D eigenvalue weighted by molar-refractivity contribution is 6.05. The number of nitro groups is 1. The lowest BCUT2D eigenvalue weighted by atomic mass is 10.2. The molecule has 0 bridgehead atoms. The number of nitrogens with one attached hydrogen (secondary N) is 1. The van der Waals surface area contributed by atoms with E-state index in [1.54, 1.807) is 6.07 Å². The molecule has 0 saturated carbocycles. The molecule has 0 heterocycles. The van der Waals surface area contributed by atoms with Crippen LogP contribution in [0.4, 0.5) is 11.4 Å². The van der Waals surface area contributed by atoms with Crippen LogP contribution in [-0.2, 0) is 0 Å². The molecular formula is C13H10N2O4. The van der Waals surface area contributed by atoms with Crippen LogP contribution in [0.5, 0.6) is 5.75 Å². The SMILES string of the molecule is O=C(Nc1ccccc1[N+](=O)[O-])c1cccc(O)c1. The van der Waals surface area contributed by atoms with Crippen molar-refractivity contribution in [2.45, 2.75) is 0 Å². The predicted octanol–water partition coefficient (Wildman–Crippen LogP) is 2.55. The van der Waals surface area contributed by atoms with Gasteiger partial charge in [-0.15, -0.1) is 0 Å². The average Bonchev–Trinajstić information content (AvgIpc) is 2.39. The molecule has 0 saturated heterocycles. The van der Waals surface area contributed by atoms with Gasteiger partial charge in [0.2, 0.25) is 0 Å². The number of phenolic OH excluding ortho intramolecular Hbond substituents is 1. The molecule has 2 aromatic carbocycles. The molecule has 0 spiro atoms. The van der Waals surface area contributed by atoms with Gasteiger partial charge in [0.25, 0.3) is 11.6 Å². The van der Waals surface area contributed by atoms with Gasteiger partial charge in [-0.3, -0.25) is 14.9 Å². The monoisotopic (exact) mass is 258 g/mol. The molecule has 0 atom stereocenters. The second-order valence-corrected chi connectivity index (χ2v) is 3.78. The summed E-state index contributed by atoms with van der Waals surface area (Å²) in [6.07, 6.45) is 0. The van der Waals surface area contributed by atoms with Gasteiger partial charge in [0.1, 0.15) is 11.4 Å². The van der Waals surface area contributed by atoms with Crippen LogP contribution in [0, 0.1) is 10.1 Å². The number of carbonyl (C=O) groups excluding carboxylic acids is 1. The van der Waals surface area contributed by atoms with E-state index in [-0.39, 0.29) is 22.7 Å². The minimum atomic E-state index is -0.571. The van der Waals surface area contributed by atoms with E-state index in [0.717, 1.165) is 0 Å². The van der Waals surface area contributed by atoms with E-state index in [0.29, 0.717) is 0 Å². The third-order valence-electron chi connectivity index (χ3n) is 2.46. The van der Waals surface area contributed by atoms with Crippen LogP contribution in [-0.4, -0.2) is 15.9 Å². The predicted molar refractivity (Wildman–Crippen MR) is 69.2 cm³/mol. The first-order valence-corrected chi connectivity index (χ1v) is 5.42. The fraction of sp³-hybridized carbons (Fsp3) is 0. The molecule has 19 heavy (non-hydrogen) atoms. The first-order valence-electron chi connectivity index (χ1n) is 5.42. The van der Waals surface area contributed by atoms with Crippen LogP contribution in [0.25, 0.3) is 0 Å². The summed E-state index contributed by atoms with van der Waals surface area (Å²) in [4.78, 5) is 22.1. The van der Waals surface area contributed by atoms with Crippen LogP contribution in [0.1, 0.15) is 10.4 Å². The molecular weight excluding hydrogens is 248 g/mol. The van der Waals surface area contributed by atoms with E-state index < -0.39 is 10.8 Å². The first-order chi connectivity index (χ1) is 9.08. The van der Waals surface area contributed by atoms with Crippen molar-refractivity contribution in [2.24, 2.45) is 0 Å². The largest absolute Gasteiger partial charge is 0.508 e. The molecule has 1 amide bonds. The van der Waals surface area contributed by atoms with Crippen molar-refractivity contribution in [3.63, 3.8) is 0 Å². The van der Waals surface area contributed by atoms with Crippen molar-refractivity contribution in [3.8, 4) is 5.75 Å². The fourth-order valence-electron chi connectivity index (χ4n) is 1.58. The number of anilines is 1. The lowest BCUT2D eigenvalue weighted by Crippen LogP contribution is -2.12. The number of rotatable bonds is 3. The van der Waals surface area contributed by atoms with Gasteiger partial charge >= 0.3 is 0 Å². The Balaban J connectivity index is 2.27. The molecule has 2 aromatic rings. The maximum atomic E-state index is 11.9. The van der Waals surface area contributed by atoms with Crippen molar-refractivity contribution in [1.82, 2.24) is 0 Å². The zero-order valence-corrected chi connectivity index (χ0v) is 9.74. The van der Waals surface area contributed by atoms with Gasteiger partial charge in [0, 0.05) is 11.6 Å². The molecule has 0 aromatic heterocycles. The summed E-state index contributed by atoms with van der Waals surface area (Å²) in [7, 11) is 0. The Hall–Kier alpha value is -2.89. The summed E-state index contributed by atoms with van der Waals surface area (Å²) >= 11 is 0. The first kappa shape index (κ1) is 12.6. The second-order valence-electron chi connectivity index (χ2n) is 3.78. The van der Waals surface area contributed by atoms with E-state index in [4.69, 9.17) is 0 Å². The number of benzene rings is 2. The minimum Gasteiger partial charge on any atom is -0.508 e. The third kappa shape index (κ3) is 2.86. The normalized spacial score (nSPS) is 9.89. The topological polar surface area (TPSA) is 92.5 Å². The quantitative estimate of drug-likeness (QED) is 0.653. The van der Waals surface area contributed by atoms with Crippen LogP contribution in [0.15, 0.2) is 48.5 Å². The number of nitro benzene ring substituents is 1. The van der Waals surface area contributed by atoms with E-state index >= 15 is 0 Å². The molecule has 0 radical (unpaired) electrons. The zero-order chi connectivity index (χ0) is 13.8. The van der Waals surface area contributed by atoms with Gasteiger partial charge in [0.05, 0.1) is 4.92 Å². The van der Waals surface area contributed by atoms with Crippen molar-refractivity contribution in [2.75, 3.05) is 5.32 Å². The molecule has 0 unspecified atom stereocenters. The Morgan fingerprint density at radius 1 is 1.16 bits per heavy atom. The summed E-state index contributed by atoms with van der Waals surface area (Å²) in [5.74, 6) is -0.569. The van der Waals surface area contributed by atoms with Crippen LogP contribution in [0.3, 0.4) is 0 Å². The number of nitrogens with zero attached hydrogens (tertiary/aromatic N) is 1. The van der Waals surface area contributed by atoms with Gasteiger partial charge in [-0.25, -0.2) is 0 Å². The summed E-state index contributed by atoms with van der Waals surface area (Å²) in [6.45, 7) is 0. The van der Waals surface area contributed by atoms with Crippen molar-refractivity contribution in [1.29, 1.82) is 0 Å². The van der Waals surface area contributed by atoms with Crippen molar-refractivity contribution in [3.05, 3.63) is 64.2 Å². The highest BCUT2D eigenvalue weighted by Gasteiger charge is 2.15. The van der Waals surface area contributed by atoms with Crippen LogP contribution < -0.4 is 5.32 Å². The van der Waals surface area contributed by atoms with Crippen LogP contribution >= 0.6 is 0 Å². The maximum Gasteiger partial charge on any atom is 0.292 e. The van der Waals surface area contributed by atoms with Crippen molar-refractivity contribution < 1.29 is 14.8 Å². The molecule has 0 fully saturated rings. The molecule has 0 aliphatic heterocycles. The number of carbonyl (C=O) groups is 1. The summed E-state index contributed by atoms with van der Waals surface area (Å²) in [5.41, 5.74) is 0.148. The Bertz CT molecular complexity index is 640. The van der Waals surface area contributed by atoms with E-state index in [1.165, 1.54) is 42.5 Å².